The van der Waals surface area contributed by atoms with Crippen molar-refractivity contribution in [1.82, 2.24) is 0 Å². The molecular weight excluding hydrogens is 271 g/mol. The molecule has 9 heteroatoms. The van der Waals surface area contributed by atoms with Crippen LogP contribution in [0.2, 0.25) is 0 Å². The maximum absolute atomic E-state index is 8.73. The monoisotopic (exact) mass is 274 g/mol. The zero-order chi connectivity index (χ0) is 8.08. The molecule has 0 aliphatic heterocycles. The molecule has 0 amide bonds. The van der Waals surface area contributed by atoms with Crippen LogP contribution in [0.25, 0.3) is 0 Å². The molecule has 0 unspecified atom stereocenters. The van der Waals surface area contributed by atoms with Gasteiger partial charge in [-0.3, -0.25) is 19.4 Å². The van der Waals surface area contributed by atoms with Crippen molar-refractivity contribution >= 4 is 11.4 Å². The second-order valence-corrected chi connectivity index (χ2v) is 3.35. The van der Waals surface area contributed by atoms with E-state index in [1.165, 1.54) is 0 Å². The van der Waals surface area contributed by atoms with Gasteiger partial charge in [0.15, 0.2) is 0 Å². The first-order valence-electron chi connectivity index (χ1n) is 1.16. The average Bonchev–Trinajstić information content (AvgIpc) is 1.19. The summed E-state index contributed by atoms with van der Waals surface area (Å²) in [4.78, 5) is 0. The number of halogens is 1. The summed E-state index contributed by atoms with van der Waals surface area (Å²) in [6, 6.07) is 0. The van der Waals surface area contributed by atoms with Crippen LogP contribution in [0.4, 0.5) is 0 Å². The Morgan fingerprint density at radius 1 is 1.22 bits per heavy atom. The zero-order valence-electron chi connectivity index (χ0n) is 3.76. The Morgan fingerprint density at radius 3 is 1.22 bits per heavy atom. The van der Waals surface area contributed by atoms with Crippen LogP contribution >= 0.6 is 0 Å². The highest BCUT2D eigenvalue weighted by molar-refractivity contribution is 7.73. The molecule has 0 atom stereocenters. The van der Waals surface area contributed by atoms with Crippen molar-refractivity contribution in [2.24, 2.45) is 0 Å². The lowest BCUT2D eigenvalue weighted by atomic mass is 15.8. The van der Waals surface area contributed by atoms with E-state index in [0.717, 1.165) is 0 Å². The average molecular weight is 274 g/mol. The van der Waals surface area contributed by atoms with Gasteiger partial charge in [-0.15, -0.1) is 0 Å². The van der Waals surface area contributed by atoms with Crippen molar-refractivity contribution in [3.05, 3.63) is 0 Å². The Bertz CT molecular complexity index is 71.4. The minimum Gasteiger partial charge on any atom is -0.284 e. The van der Waals surface area contributed by atoms with E-state index in [4.69, 9.17) is 27.1 Å². The van der Waals surface area contributed by atoms with Gasteiger partial charge in [-0.25, -0.2) is 0 Å². The molecule has 0 aliphatic carbocycles. The van der Waals surface area contributed by atoms with Gasteiger partial charge in [-0.05, 0) is 0 Å². The summed E-state index contributed by atoms with van der Waals surface area (Å²) >= 11 is -8.30. The molecule has 0 bridgehead atoms. The molecule has 0 radical (unpaired) electrons. The number of hydrogen-bond donors (Lipinski definition) is 3. The third kappa shape index (κ3) is 930. The molecule has 0 heterocycles. The lowest BCUT2D eigenvalue weighted by molar-refractivity contribution is -1.92. The van der Waals surface area contributed by atoms with E-state index in [1.54, 1.807) is 0 Å². The molecule has 0 saturated heterocycles. The van der Waals surface area contributed by atoms with Crippen molar-refractivity contribution in [2.75, 3.05) is 0 Å². The van der Waals surface area contributed by atoms with Gasteiger partial charge >= 0.3 is 20.1 Å². The van der Waals surface area contributed by atoms with E-state index in [9.17, 15) is 0 Å². The Morgan fingerprint density at radius 2 is 1.22 bits per heavy atom. The molecule has 0 aromatic heterocycles. The van der Waals surface area contributed by atoms with Gasteiger partial charge in [0, 0.05) is 3.44 Å². The summed E-state index contributed by atoms with van der Waals surface area (Å²) in [5.74, 6) is 0. The van der Waals surface area contributed by atoms with Gasteiger partial charge in [0.25, 0.3) is 11.4 Å². The number of hydrogen-bond acceptors (Lipinski definition) is 5. The van der Waals surface area contributed by atoms with Crippen LogP contribution in [0.5, 0.6) is 0 Å². The van der Waals surface area contributed by atoms with Gasteiger partial charge in [0.05, 0.1) is 0 Å². The summed E-state index contributed by atoms with van der Waals surface area (Å²) in [5, 5.41) is 0. The van der Waals surface area contributed by atoms with Crippen LogP contribution in [0, 0.1) is 0 Å². The summed E-state index contributed by atoms with van der Waals surface area (Å²) < 4.78 is 56.1. The summed E-state index contributed by atoms with van der Waals surface area (Å²) in [7, 11) is 0. The zero-order valence-corrected chi connectivity index (χ0v) is 6.73. The fourth-order valence-corrected chi connectivity index (χ4v) is 0. The normalized spacial score (nSPS) is 10.6. The van der Waals surface area contributed by atoms with Crippen LogP contribution in [-0.4, -0.2) is 16.8 Å². The molecule has 0 aromatic rings. The smallest absolute Gasteiger partial charge is 0.284 e. The van der Waals surface area contributed by atoms with Crippen molar-refractivity contribution < 1.29 is 47.2 Å². The van der Waals surface area contributed by atoms with E-state index < -0.39 is 31.5 Å². The number of rotatable bonds is 0. The van der Waals surface area contributed by atoms with E-state index in [-0.39, 0.29) is 0 Å². The quantitative estimate of drug-likeness (QED) is 0.293. The van der Waals surface area contributed by atoms with Crippen molar-refractivity contribution in [1.29, 1.82) is 0 Å². The predicted octanol–water partition coefficient (Wildman–Crippen LogP) is -7.44. The Kier molecular flexibility index (Phi) is 7.43. The Balaban J connectivity index is 0. The molecule has 58 valence electrons. The van der Waals surface area contributed by atoms with Crippen LogP contribution in [-0.2, 0) is 11.4 Å². The minimum absolute atomic E-state index is 2.61. The highest BCUT2D eigenvalue weighted by atomic mass is 127. The molecule has 9 heavy (non-hydrogen) atoms. The molecular formula is H3IO7S. The second kappa shape index (κ2) is 5.43. The summed E-state index contributed by atoms with van der Waals surface area (Å²) in [6.45, 7) is 0. The van der Waals surface area contributed by atoms with E-state index in [1.807, 2.05) is 0 Å². The van der Waals surface area contributed by atoms with Crippen LogP contribution in [0.15, 0.2) is 0 Å². The van der Waals surface area contributed by atoms with Gasteiger partial charge in [-0.1, -0.05) is 0 Å². The van der Waals surface area contributed by atoms with Crippen LogP contribution < -0.4 is 30.4 Å². The van der Waals surface area contributed by atoms with Crippen molar-refractivity contribution in [3.63, 3.8) is 0 Å². The standard InChI is InChI=1S/HIO4.H2O3S/c2-1(3,4)5;1-4(2)3/h2H;(H2,1,2,3). The third-order valence-corrected chi connectivity index (χ3v) is 0. The van der Waals surface area contributed by atoms with Crippen molar-refractivity contribution in [2.45, 2.75) is 0 Å². The molecule has 0 rings (SSSR count). The largest absolute Gasteiger partial charge is 0.368 e. The maximum Gasteiger partial charge on any atom is 0.368 e. The second-order valence-electron chi connectivity index (χ2n) is 0.627. The fraction of sp³-hybridized carbons (Fsp3) is 0. The molecule has 3 N–H and O–H groups in total. The molecule has 0 fully saturated rings. The summed E-state index contributed by atoms with van der Waals surface area (Å²) in [5.41, 5.74) is 0. The first-order valence-corrected chi connectivity index (χ1v) is 5.83. The van der Waals surface area contributed by atoms with Crippen LogP contribution in [0.1, 0.15) is 0 Å². The third-order valence-electron chi connectivity index (χ3n) is 0. The van der Waals surface area contributed by atoms with E-state index in [2.05, 4.69) is 0 Å². The highest BCUT2D eigenvalue weighted by Gasteiger charge is 2.11. The molecule has 0 aliphatic rings. The molecule has 0 aromatic carbocycles. The first-order chi connectivity index (χ1) is 3.73. The first kappa shape index (κ1) is 12.3. The SMILES string of the molecule is O=S(O)O.[O-][I+3]([O-])([O-])O. The maximum atomic E-state index is 8.73. The molecule has 7 nitrogen and oxygen atoms in total. The lowest BCUT2D eigenvalue weighted by Gasteiger charge is -1.93. The lowest BCUT2D eigenvalue weighted by Crippen LogP contribution is -4.23. The molecule has 0 saturated carbocycles. The Hall–Kier alpha value is 0.640. The Labute approximate surface area is 58.8 Å². The van der Waals surface area contributed by atoms with Gasteiger partial charge in [-0.2, -0.15) is 4.21 Å². The highest BCUT2D eigenvalue weighted by Crippen LogP contribution is 1.44. The van der Waals surface area contributed by atoms with Crippen molar-refractivity contribution in [3.8, 4) is 0 Å². The van der Waals surface area contributed by atoms with Gasteiger partial charge < -0.3 is 0 Å². The van der Waals surface area contributed by atoms with Gasteiger partial charge in [0.1, 0.15) is 0 Å². The minimum atomic E-state index is -5.69. The van der Waals surface area contributed by atoms with E-state index >= 15 is 0 Å². The van der Waals surface area contributed by atoms with Gasteiger partial charge in [0.2, 0.25) is 0 Å². The predicted molar refractivity (Wildman–Crippen MR) is 15.6 cm³/mol. The van der Waals surface area contributed by atoms with Crippen LogP contribution in [0.3, 0.4) is 0 Å². The summed E-state index contributed by atoms with van der Waals surface area (Å²) in [6.07, 6.45) is 0. The fourth-order valence-electron chi connectivity index (χ4n) is 0. The topological polar surface area (TPSA) is 147 Å². The molecule has 0 spiro atoms. The van der Waals surface area contributed by atoms with E-state index in [0.29, 0.717) is 0 Å².